The SMILES string of the molecule is CC(C)(C)C(=O)OCS[C@H](Cc1ccc2c(c1)OCO2)C(=O)NC1CCCN2CCC[C@@H](C(=O)O)N2C1=O. The van der Waals surface area contributed by atoms with Gasteiger partial charge < -0.3 is 24.6 Å². The van der Waals surface area contributed by atoms with E-state index >= 15 is 0 Å². The molecule has 0 aliphatic carbocycles. The van der Waals surface area contributed by atoms with Crippen molar-refractivity contribution in [3.8, 4) is 11.5 Å². The molecular weight excluding hydrogens is 514 g/mol. The predicted octanol–water partition coefficient (Wildman–Crippen LogP) is 2.18. The number of rotatable bonds is 8. The van der Waals surface area contributed by atoms with Gasteiger partial charge in [0.15, 0.2) is 11.5 Å². The second kappa shape index (κ2) is 11.8. The van der Waals surface area contributed by atoms with Gasteiger partial charge in [0, 0.05) is 13.1 Å². The van der Waals surface area contributed by atoms with Crippen LogP contribution in [0.1, 0.15) is 52.0 Å². The zero-order valence-electron chi connectivity index (χ0n) is 21.9. The highest BCUT2D eigenvalue weighted by atomic mass is 32.2. The number of amides is 2. The van der Waals surface area contributed by atoms with Crippen LogP contribution in [0.25, 0.3) is 0 Å². The molecular formula is C26H35N3O8S. The fourth-order valence-corrected chi connectivity index (χ4v) is 5.56. The summed E-state index contributed by atoms with van der Waals surface area (Å²) < 4.78 is 16.2. The lowest BCUT2D eigenvalue weighted by atomic mass is 9.98. The highest BCUT2D eigenvalue weighted by Crippen LogP contribution is 2.34. The number of carbonyl (C=O) groups excluding carboxylic acids is 3. The van der Waals surface area contributed by atoms with Gasteiger partial charge in [-0.1, -0.05) is 6.07 Å². The van der Waals surface area contributed by atoms with Crippen LogP contribution in [-0.4, -0.2) is 82.0 Å². The molecule has 4 rings (SSSR count). The second-order valence-electron chi connectivity index (χ2n) is 10.7. The number of carboxylic acids is 1. The molecule has 11 nitrogen and oxygen atoms in total. The summed E-state index contributed by atoms with van der Waals surface area (Å²) in [7, 11) is 0. The molecule has 3 aliphatic heterocycles. The van der Waals surface area contributed by atoms with Crippen molar-refractivity contribution < 1.29 is 38.5 Å². The molecule has 0 spiro atoms. The largest absolute Gasteiger partial charge is 0.480 e. The molecule has 3 aliphatic rings. The van der Waals surface area contributed by atoms with Gasteiger partial charge in [-0.3, -0.25) is 19.4 Å². The van der Waals surface area contributed by atoms with E-state index < -0.39 is 34.6 Å². The van der Waals surface area contributed by atoms with E-state index in [0.717, 1.165) is 5.56 Å². The van der Waals surface area contributed by atoms with Crippen molar-refractivity contribution in [3.63, 3.8) is 0 Å². The maximum Gasteiger partial charge on any atom is 0.328 e. The van der Waals surface area contributed by atoms with Crippen LogP contribution in [0.5, 0.6) is 11.5 Å². The molecule has 3 heterocycles. The van der Waals surface area contributed by atoms with Crippen LogP contribution in [0.15, 0.2) is 18.2 Å². The van der Waals surface area contributed by atoms with Gasteiger partial charge in [0.1, 0.15) is 18.0 Å². The Morgan fingerprint density at radius 2 is 1.87 bits per heavy atom. The second-order valence-corrected chi connectivity index (χ2v) is 11.8. The van der Waals surface area contributed by atoms with Crippen molar-refractivity contribution >= 4 is 35.5 Å². The van der Waals surface area contributed by atoms with Crippen molar-refractivity contribution in [1.82, 2.24) is 15.3 Å². The van der Waals surface area contributed by atoms with E-state index in [2.05, 4.69) is 5.32 Å². The predicted molar refractivity (Wildman–Crippen MR) is 138 cm³/mol. The van der Waals surface area contributed by atoms with E-state index in [0.29, 0.717) is 56.7 Å². The van der Waals surface area contributed by atoms with Crippen LogP contribution in [0, 0.1) is 5.41 Å². The molecule has 38 heavy (non-hydrogen) atoms. The molecule has 2 N–H and O–H groups in total. The van der Waals surface area contributed by atoms with Gasteiger partial charge in [0.2, 0.25) is 12.7 Å². The summed E-state index contributed by atoms with van der Waals surface area (Å²) in [6, 6.07) is 3.65. The summed E-state index contributed by atoms with van der Waals surface area (Å²) >= 11 is 1.17. The van der Waals surface area contributed by atoms with Crippen molar-refractivity contribution in [2.45, 2.75) is 70.2 Å². The number of aliphatic carboxylic acids is 1. The third kappa shape index (κ3) is 6.52. The van der Waals surface area contributed by atoms with Crippen LogP contribution in [0.2, 0.25) is 0 Å². The molecule has 1 unspecified atom stereocenters. The van der Waals surface area contributed by atoms with Crippen LogP contribution in [0.3, 0.4) is 0 Å². The number of hydrogen-bond acceptors (Lipinski definition) is 9. The van der Waals surface area contributed by atoms with Gasteiger partial charge >= 0.3 is 11.9 Å². The lowest BCUT2D eigenvalue weighted by molar-refractivity contribution is -0.174. The summed E-state index contributed by atoms with van der Waals surface area (Å²) in [5.74, 6) is -1.02. The first-order chi connectivity index (χ1) is 18.0. The Balaban J connectivity index is 1.48. The molecule has 0 radical (unpaired) electrons. The van der Waals surface area contributed by atoms with E-state index in [9.17, 15) is 24.3 Å². The van der Waals surface area contributed by atoms with Gasteiger partial charge in [0.05, 0.1) is 10.7 Å². The Hall–Kier alpha value is -2.99. The average molecular weight is 550 g/mol. The Labute approximate surface area is 226 Å². The number of thioether (sulfide) groups is 1. The van der Waals surface area contributed by atoms with E-state index in [1.54, 1.807) is 31.8 Å². The van der Waals surface area contributed by atoms with E-state index in [-0.39, 0.29) is 24.6 Å². The van der Waals surface area contributed by atoms with Crippen LogP contribution >= 0.6 is 11.8 Å². The Kier molecular flexibility index (Phi) is 8.71. The number of hydrazine groups is 1. The number of carbonyl (C=O) groups is 4. The van der Waals surface area contributed by atoms with Crippen molar-refractivity contribution in [2.24, 2.45) is 5.41 Å². The van der Waals surface area contributed by atoms with Gasteiger partial charge in [0.25, 0.3) is 5.91 Å². The summed E-state index contributed by atoms with van der Waals surface area (Å²) in [6.07, 6.45) is 2.42. The molecule has 2 fully saturated rings. The number of carboxylic acid groups (broad SMARTS) is 1. The smallest absolute Gasteiger partial charge is 0.328 e. The molecule has 0 aromatic heterocycles. The van der Waals surface area contributed by atoms with Crippen molar-refractivity contribution in [1.29, 1.82) is 0 Å². The van der Waals surface area contributed by atoms with E-state index in [4.69, 9.17) is 14.2 Å². The van der Waals surface area contributed by atoms with Crippen LogP contribution in [0.4, 0.5) is 0 Å². The van der Waals surface area contributed by atoms with Gasteiger partial charge in [-0.15, -0.1) is 11.8 Å². The summed E-state index contributed by atoms with van der Waals surface area (Å²) in [4.78, 5) is 51.1. The number of benzene rings is 1. The van der Waals surface area contributed by atoms with E-state index in [1.807, 2.05) is 12.1 Å². The molecule has 1 aromatic rings. The molecule has 12 heteroatoms. The number of esters is 1. The fraction of sp³-hybridized carbons (Fsp3) is 0.615. The summed E-state index contributed by atoms with van der Waals surface area (Å²) in [6.45, 7) is 6.56. The molecule has 208 valence electrons. The molecule has 0 saturated carbocycles. The number of nitrogens with zero attached hydrogens (tertiary/aromatic N) is 2. The van der Waals surface area contributed by atoms with Gasteiger partial charge in [-0.2, -0.15) is 0 Å². The lowest BCUT2D eigenvalue weighted by Gasteiger charge is -2.42. The van der Waals surface area contributed by atoms with E-state index in [1.165, 1.54) is 16.8 Å². The molecule has 3 atom stereocenters. The maximum absolute atomic E-state index is 13.5. The number of hydrogen-bond donors (Lipinski definition) is 2. The highest BCUT2D eigenvalue weighted by Gasteiger charge is 2.42. The minimum Gasteiger partial charge on any atom is -0.480 e. The number of ether oxygens (including phenoxy) is 3. The standard InChI is InChI=1S/C26H35N3O8S/c1-26(2,3)25(34)37-15-38-21(13-16-8-9-19-20(12-16)36-14-35-19)22(30)27-17-6-4-10-28-11-5-7-18(24(32)33)29(28)23(17)31/h8-9,12,17-18,21H,4-7,10-11,13-15H2,1-3H3,(H,27,30)(H,32,33)/t17?,18-,21+/m0/s1. The van der Waals surface area contributed by atoms with Crippen molar-refractivity contribution in [3.05, 3.63) is 23.8 Å². The van der Waals surface area contributed by atoms with Gasteiger partial charge in [-0.25, -0.2) is 9.80 Å². The van der Waals surface area contributed by atoms with Gasteiger partial charge in [-0.05, 0) is 70.6 Å². The highest BCUT2D eigenvalue weighted by molar-refractivity contribution is 8.00. The minimum atomic E-state index is -1.05. The zero-order valence-corrected chi connectivity index (χ0v) is 22.8. The molecule has 2 saturated heterocycles. The normalized spacial score (nSPS) is 22.3. The molecule has 2 amide bonds. The Bertz CT molecular complexity index is 1080. The van der Waals surface area contributed by atoms with Crippen LogP contribution < -0.4 is 14.8 Å². The first-order valence-electron chi connectivity index (χ1n) is 12.8. The quantitative estimate of drug-likeness (QED) is 0.367. The monoisotopic (exact) mass is 549 g/mol. The minimum absolute atomic E-state index is 0.0294. The third-order valence-electron chi connectivity index (χ3n) is 6.75. The summed E-state index contributed by atoms with van der Waals surface area (Å²) in [5, 5.41) is 15.0. The number of fused-ring (bicyclic) bond motifs is 2. The lowest BCUT2D eigenvalue weighted by Crippen LogP contribution is -2.61. The topological polar surface area (TPSA) is 135 Å². The Morgan fingerprint density at radius 1 is 1.16 bits per heavy atom. The average Bonchev–Trinajstić information content (AvgIpc) is 3.27. The first kappa shape index (κ1) is 28.0. The number of nitrogens with one attached hydrogen (secondary N) is 1. The fourth-order valence-electron chi connectivity index (χ4n) is 4.69. The van der Waals surface area contributed by atoms with Crippen LogP contribution in [-0.2, 0) is 30.3 Å². The third-order valence-corrected chi connectivity index (χ3v) is 7.79. The maximum atomic E-state index is 13.5. The first-order valence-corrected chi connectivity index (χ1v) is 13.9. The zero-order chi connectivity index (χ0) is 27.4. The molecule has 1 aromatic carbocycles. The molecule has 0 bridgehead atoms. The van der Waals surface area contributed by atoms with Crippen molar-refractivity contribution in [2.75, 3.05) is 25.8 Å². The summed E-state index contributed by atoms with van der Waals surface area (Å²) in [5.41, 5.74) is 0.146. The Morgan fingerprint density at radius 3 is 2.58 bits per heavy atom.